The minimum atomic E-state index is -0.541. The maximum atomic E-state index is 12.7. The lowest BCUT2D eigenvalue weighted by Gasteiger charge is -2.11. The topological polar surface area (TPSA) is 110 Å². The number of aromatic amines is 1. The maximum Gasteiger partial charge on any atom is 0.275 e. The standard InChI is InChI=1S/C24H19ClN4O4/c1-14-3-4-15(2)23(9-14)33-20-11-18(10-19(12-20)29(31)32)26-24(30)22-13-21(27-28-22)16-5-7-17(25)8-6-16/h3-13H,1-2H3,(H,26,30)(H,27,28). The first-order valence-corrected chi connectivity index (χ1v) is 10.3. The summed E-state index contributed by atoms with van der Waals surface area (Å²) in [6.07, 6.45) is 0. The summed E-state index contributed by atoms with van der Waals surface area (Å²) < 4.78 is 5.89. The molecule has 9 heteroatoms. The van der Waals surface area contributed by atoms with E-state index in [1.165, 1.54) is 18.2 Å². The van der Waals surface area contributed by atoms with Crippen molar-refractivity contribution in [2.75, 3.05) is 5.32 Å². The molecule has 33 heavy (non-hydrogen) atoms. The van der Waals surface area contributed by atoms with Crippen LogP contribution >= 0.6 is 11.6 Å². The van der Waals surface area contributed by atoms with Gasteiger partial charge in [0.1, 0.15) is 17.2 Å². The number of aromatic nitrogens is 2. The van der Waals surface area contributed by atoms with Gasteiger partial charge in [0.25, 0.3) is 11.6 Å². The molecule has 3 aromatic carbocycles. The van der Waals surface area contributed by atoms with Crippen molar-refractivity contribution in [1.29, 1.82) is 0 Å². The third-order valence-corrected chi connectivity index (χ3v) is 5.15. The predicted octanol–water partition coefficient (Wildman–Crippen LogP) is 6.30. The molecule has 1 amide bonds. The summed E-state index contributed by atoms with van der Waals surface area (Å²) in [4.78, 5) is 23.6. The molecule has 4 rings (SSSR count). The molecule has 0 atom stereocenters. The highest BCUT2D eigenvalue weighted by atomic mass is 35.5. The highest BCUT2D eigenvalue weighted by Crippen LogP contribution is 2.32. The van der Waals surface area contributed by atoms with E-state index < -0.39 is 10.8 Å². The number of hydrogen-bond donors (Lipinski definition) is 2. The summed E-state index contributed by atoms with van der Waals surface area (Å²) in [5.74, 6) is 0.314. The average molecular weight is 463 g/mol. The molecule has 1 heterocycles. The van der Waals surface area contributed by atoms with Crippen LogP contribution in [0.4, 0.5) is 11.4 Å². The Balaban J connectivity index is 1.58. The van der Waals surface area contributed by atoms with Crippen LogP contribution in [-0.4, -0.2) is 21.0 Å². The highest BCUT2D eigenvalue weighted by molar-refractivity contribution is 6.30. The molecule has 4 aromatic rings. The van der Waals surface area contributed by atoms with Crippen molar-refractivity contribution in [2.24, 2.45) is 0 Å². The van der Waals surface area contributed by atoms with Crippen molar-refractivity contribution in [3.8, 4) is 22.8 Å². The Labute approximate surface area is 194 Å². The third-order valence-electron chi connectivity index (χ3n) is 4.89. The lowest BCUT2D eigenvalue weighted by atomic mass is 10.1. The first-order valence-electron chi connectivity index (χ1n) is 9.96. The molecule has 2 N–H and O–H groups in total. The number of nitro benzene ring substituents is 1. The Hall–Kier alpha value is -4.17. The number of aryl methyl sites for hydroxylation is 2. The lowest BCUT2D eigenvalue weighted by molar-refractivity contribution is -0.384. The summed E-state index contributed by atoms with van der Waals surface area (Å²) in [5, 5.41) is 21.5. The Morgan fingerprint density at radius 3 is 2.55 bits per heavy atom. The molecule has 0 saturated heterocycles. The van der Waals surface area contributed by atoms with Crippen LogP contribution in [0.5, 0.6) is 11.5 Å². The molecule has 0 bridgehead atoms. The van der Waals surface area contributed by atoms with Gasteiger partial charge in [-0.3, -0.25) is 20.0 Å². The van der Waals surface area contributed by atoms with Gasteiger partial charge in [0.05, 0.1) is 22.4 Å². The minimum Gasteiger partial charge on any atom is -0.457 e. The van der Waals surface area contributed by atoms with Crippen molar-refractivity contribution in [3.05, 3.63) is 98.7 Å². The SMILES string of the molecule is Cc1ccc(C)c(Oc2cc(NC(=O)c3cc(-c4ccc(Cl)cc4)n[nH]3)cc([N+](=O)[O-])c2)c1. The van der Waals surface area contributed by atoms with E-state index >= 15 is 0 Å². The van der Waals surface area contributed by atoms with E-state index in [9.17, 15) is 14.9 Å². The number of amides is 1. The third kappa shape index (κ3) is 5.19. The molecule has 0 aliphatic rings. The highest BCUT2D eigenvalue weighted by Gasteiger charge is 2.16. The molecule has 0 spiro atoms. The monoisotopic (exact) mass is 462 g/mol. The Kier molecular flexibility index (Phi) is 6.10. The smallest absolute Gasteiger partial charge is 0.275 e. The molecule has 0 saturated carbocycles. The second kappa shape index (κ2) is 9.13. The molecule has 166 valence electrons. The second-order valence-electron chi connectivity index (χ2n) is 7.47. The number of rotatable bonds is 6. The maximum absolute atomic E-state index is 12.7. The number of hydrogen-bond acceptors (Lipinski definition) is 5. The number of non-ortho nitro benzene ring substituents is 1. The molecule has 0 aliphatic carbocycles. The van der Waals surface area contributed by atoms with Gasteiger partial charge in [-0.15, -0.1) is 0 Å². The normalized spacial score (nSPS) is 10.6. The van der Waals surface area contributed by atoms with Crippen LogP contribution < -0.4 is 10.1 Å². The van der Waals surface area contributed by atoms with Crippen LogP contribution in [0.25, 0.3) is 11.3 Å². The van der Waals surface area contributed by atoms with Crippen molar-refractivity contribution in [3.63, 3.8) is 0 Å². The predicted molar refractivity (Wildman–Crippen MR) is 126 cm³/mol. The number of ether oxygens (including phenoxy) is 1. The van der Waals surface area contributed by atoms with Gasteiger partial charge in [-0.05, 0) is 49.2 Å². The van der Waals surface area contributed by atoms with Gasteiger partial charge in [0.2, 0.25) is 0 Å². The molecule has 8 nitrogen and oxygen atoms in total. The lowest BCUT2D eigenvalue weighted by Crippen LogP contribution is -2.12. The fraction of sp³-hybridized carbons (Fsp3) is 0.0833. The van der Waals surface area contributed by atoms with Crippen LogP contribution in [0.1, 0.15) is 21.6 Å². The van der Waals surface area contributed by atoms with Crippen molar-refractivity contribution in [2.45, 2.75) is 13.8 Å². The molecule has 0 aliphatic heterocycles. The second-order valence-corrected chi connectivity index (χ2v) is 7.91. The van der Waals surface area contributed by atoms with Crippen LogP contribution in [0.3, 0.4) is 0 Å². The van der Waals surface area contributed by atoms with E-state index in [1.807, 2.05) is 32.0 Å². The number of nitro groups is 1. The zero-order valence-electron chi connectivity index (χ0n) is 17.8. The summed E-state index contributed by atoms with van der Waals surface area (Å²) >= 11 is 5.91. The number of H-pyrrole nitrogens is 1. The van der Waals surface area contributed by atoms with Crippen molar-refractivity contribution < 1.29 is 14.5 Å². The van der Waals surface area contributed by atoms with Crippen LogP contribution in [-0.2, 0) is 0 Å². The number of benzene rings is 3. The van der Waals surface area contributed by atoms with Gasteiger partial charge in [0, 0.05) is 22.7 Å². The van der Waals surface area contributed by atoms with Crippen LogP contribution in [0.15, 0.2) is 66.7 Å². The van der Waals surface area contributed by atoms with Crippen LogP contribution in [0.2, 0.25) is 5.02 Å². The van der Waals surface area contributed by atoms with E-state index in [2.05, 4.69) is 15.5 Å². The van der Waals surface area contributed by atoms with E-state index in [1.54, 1.807) is 30.3 Å². The van der Waals surface area contributed by atoms with Crippen molar-refractivity contribution >= 4 is 28.9 Å². The minimum absolute atomic E-state index is 0.198. The molecule has 1 aromatic heterocycles. The molecule has 0 radical (unpaired) electrons. The number of anilines is 1. The Morgan fingerprint density at radius 2 is 1.82 bits per heavy atom. The summed E-state index contributed by atoms with van der Waals surface area (Å²) in [6, 6.07) is 18.4. The Morgan fingerprint density at radius 1 is 1.06 bits per heavy atom. The van der Waals surface area contributed by atoms with Gasteiger partial charge < -0.3 is 10.1 Å². The van der Waals surface area contributed by atoms with Crippen molar-refractivity contribution in [1.82, 2.24) is 10.2 Å². The number of halogens is 1. The van der Waals surface area contributed by atoms with E-state index in [4.69, 9.17) is 16.3 Å². The van der Waals surface area contributed by atoms with E-state index in [-0.39, 0.29) is 22.8 Å². The fourth-order valence-electron chi connectivity index (χ4n) is 3.17. The molecular weight excluding hydrogens is 444 g/mol. The quantitative estimate of drug-likeness (QED) is 0.258. The van der Waals surface area contributed by atoms with E-state index in [0.717, 1.165) is 16.7 Å². The molecular formula is C24H19ClN4O4. The summed E-state index contributed by atoms with van der Waals surface area (Å²) in [5.41, 5.74) is 3.43. The Bertz CT molecular complexity index is 1350. The van der Waals surface area contributed by atoms with Crippen LogP contribution in [0, 0.1) is 24.0 Å². The summed E-state index contributed by atoms with van der Waals surface area (Å²) in [7, 11) is 0. The van der Waals surface area contributed by atoms with E-state index in [0.29, 0.717) is 16.5 Å². The largest absolute Gasteiger partial charge is 0.457 e. The first-order chi connectivity index (χ1) is 15.8. The van der Waals surface area contributed by atoms with Gasteiger partial charge in [0.15, 0.2) is 0 Å². The number of nitrogens with zero attached hydrogens (tertiary/aromatic N) is 2. The fourth-order valence-corrected chi connectivity index (χ4v) is 3.30. The number of nitrogens with one attached hydrogen (secondary N) is 2. The summed E-state index contributed by atoms with van der Waals surface area (Å²) in [6.45, 7) is 3.80. The first kappa shape index (κ1) is 22.0. The zero-order chi connectivity index (χ0) is 23.5. The van der Waals surface area contributed by atoms with Gasteiger partial charge in [-0.1, -0.05) is 35.9 Å². The number of carbonyl (C=O) groups excluding carboxylic acids is 1. The van der Waals surface area contributed by atoms with Gasteiger partial charge in [-0.25, -0.2) is 0 Å². The molecule has 0 fully saturated rings. The molecule has 0 unspecified atom stereocenters. The zero-order valence-corrected chi connectivity index (χ0v) is 18.5. The van der Waals surface area contributed by atoms with Gasteiger partial charge >= 0.3 is 0 Å². The average Bonchev–Trinajstić information content (AvgIpc) is 3.27. The van der Waals surface area contributed by atoms with Gasteiger partial charge in [-0.2, -0.15) is 5.10 Å². The number of carbonyl (C=O) groups is 1.